The third kappa shape index (κ3) is 3.72. The average Bonchev–Trinajstić information content (AvgIpc) is 2.80. The van der Waals surface area contributed by atoms with Crippen LogP contribution in [-0.2, 0) is 16.8 Å². The number of benzene rings is 1. The number of piperidine rings is 1. The van der Waals surface area contributed by atoms with Crippen LogP contribution in [0.5, 0.6) is 0 Å². The first-order chi connectivity index (χ1) is 15.1. The number of rotatable bonds is 2. The molecule has 0 aliphatic carbocycles. The Kier molecular flexibility index (Phi) is 4.82. The van der Waals surface area contributed by atoms with Crippen molar-refractivity contribution in [3.63, 3.8) is 0 Å². The van der Waals surface area contributed by atoms with Gasteiger partial charge in [0.2, 0.25) is 5.91 Å². The highest BCUT2D eigenvalue weighted by Crippen LogP contribution is 2.37. The molecule has 4 heterocycles. The molecule has 2 aromatic heterocycles. The molecule has 3 amide bonds. The molecule has 1 saturated heterocycles. The fourth-order valence-corrected chi connectivity index (χ4v) is 4.41. The number of nitrogens with zero attached hydrogens (tertiary/aromatic N) is 4. The van der Waals surface area contributed by atoms with Crippen LogP contribution in [0.2, 0.25) is 0 Å². The van der Waals surface area contributed by atoms with Crippen molar-refractivity contribution in [1.29, 1.82) is 0 Å². The molecule has 5 rings (SSSR count). The Morgan fingerprint density at radius 3 is 2.52 bits per heavy atom. The highest BCUT2D eigenvalue weighted by Gasteiger charge is 2.42. The summed E-state index contributed by atoms with van der Waals surface area (Å²) in [5.41, 5.74) is 3.22. The number of carbonyl (C=O) groups is 2. The van der Waals surface area contributed by atoms with Gasteiger partial charge in [-0.2, -0.15) is 0 Å². The molecule has 2 aliphatic rings. The normalized spacial score (nSPS) is 17.0. The van der Waals surface area contributed by atoms with Crippen LogP contribution in [0.25, 0.3) is 11.4 Å². The summed E-state index contributed by atoms with van der Waals surface area (Å²) in [6.45, 7) is 1.08. The quantitative estimate of drug-likeness (QED) is 0.672. The van der Waals surface area contributed by atoms with Gasteiger partial charge in [-0.15, -0.1) is 0 Å². The van der Waals surface area contributed by atoms with Crippen molar-refractivity contribution in [3.8, 4) is 11.4 Å². The first kappa shape index (κ1) is 19.2. The van der Waals surface area contributed by atoms with E-state index in [2.05, 4.69) is 31.7 Å². The highest BCUT2D eigenvalue weighted by atomic mass is 16.2. The number of anilines is 1. The molecule has 0 atom stereocenters. The molecule has 0 radical (unpaired) electrons. The Balaban J connectivity index is 1.24. The maximum absolute atomic E-state index is 12.8. The van der Waals surface area contributed by atoms with Crippen LogP contribution in [0.1, 0.15) is 24.0 Å². The number of likely N-dealkylation sites (tertiary alicyclic amines) is 1. The molecule has 8 heteroatoms. The lowest BCUT2D eigenvalue weighted by Gasteiger charge is -2.45. The SMILES string of the molecule is O=C1Cc2ccccc2C2(CCN(C(=O)Nc3cnc(-c4ccccn4)cn3)CC2)N1. The van der Waals surface area contributed by atoms with Crippen molar-refractivity contribution >= 4 is 17.8 Å². The number of fused-ring (bicyclic) bond motifs is 2. The fourth-order valence-electron chi connectivity index (χ4n) is 4.41. The van der Waals surface area contributed by atoms with E-state index in [0.29, 0.717) is 43.9 Å². The minimum absolute atomic E-state index is 0.0415. The Bertz CT molecular complexity index is 1110. The monoisotopic (exact) mass is 414 g/mol. The molecule has 31 heavy (non-hydrogen) atoms. The molecule has 2 N–H and O–H groups in total. The molecular formula is C23H22N6O2. The van der Waals surface area contributed by atoms with Crippen LogP contribution in [0, 0.1) is 0 Å². The third-order valence-electron chi connectivity index (χ3n) is 5.98. The molecular weight excluding hydrogens is 392 g/mol. The van der Waals surface area contributed by atoms with E-state index in [9.17, 15) is 9.59 Å². The van der Waals surface area contributed by atoms with Crippen LogP contribution in [0.15, 0.2) is 61.1 Å². The number of aromatic nitrogens is 3. The summed E-state index contributed by atoms with van der Waals surface area (Å²) in [7, 11) is 0. The van der Waals surface area contributed by atoms with Gasteiger partial charge < -0.3 is 10.2 Å². The molecule has 0 bridgehead atoms. The number of nitrogens with one attached hydrogen (secondary N) is 2. The van der Waals surface area contributed by atoms with Crippen molar-refractivity contribution in [1.82, 2.24) is 25.2 Å². The van der Waals surface area contributed by atoms with Crippen LogP contribution in [0.4, 0.5) is 10.6 Å². The van der Waals surface area contributed by atoms with E-state index in [-0.39, 0.29) is 11.9 Å². The molecule has 1 aromatic carbocycles. The molecule has 2 aliphatic heterocycles. The van der Waals surface area contributed by atoms with E-state index >= 15 is 0 Å². The molecule has 0 unspecified atom stereocenters. The summed E-state index contributed by atoms with van der Waals surface area (Å²) in [4.78, 5) is 39.7. The van der Waals surface area contributed by atoms with Gasteiger partial charge in [0.25, 0.3) is 0 Å². The van der Waals surface area contributed by atoms with Crippen molar-refractivity contribution in [2.75, 3.05) is 18.4 Å². The first-order valence-corrected chi connectivity index (χ1v) is 10.3. The standard InChI is InChI=1S/C23H22N6O2/c30-21-13-16-5-1-2-6-17(16)23(28-21)8-11-29(12-9-23)22(31)27-20-15-25-19(14-26-20)18-7-3-4-10-24-18/h1-7,10,14-15H,8-9,11-13H2,(H,28,30)(H,26,27,31). The topological polar surface area (TPSA) is 100 Å². The first-order valence-electron chi connectivity index (χ1n) is 10.3. The predicted octanol–water partition coefficient (Wildman–Crippen LogP) is 2.73. The summed E-state index contributed by atoms with van der Waals surface area (Å²) < 4.78 is 0. The van der Waals surface area contributed by atoms with Crippen molar-refractivity contribution in [3.05, 3.63) is 72.2 Å². The molecule has 1 spiro atoms. The number of hydrogen-bond donors (Lipinski definition) is 2. The highest BCUT2D eigenvalue weighted by molar-refractivity contribution is 5.88. The molecule has 156 valence electrons. The van der Waals surface area contributed by atoms with Crippen LogP contribution in [0.3, 0.4) is 0 Å². The second kappa shape index (κ2) is 7.79. The summed E-state index contributed by atoms with van der Waals surface area (Å²) in [5, 5.41) is 6.01. The number of hydrogen-bond acceptors (Lipinski definition) is 5. The Morgan fingerprint density at radius 1 is 0.968 bits per heavy atom. The second-order valence-corrected chi connectivity index (χ2v) is 7.88. The fraction of sp³-hybridized carbons (Fsp3) is 0.261. The van der Waals surface area contributed by atoms with E-state index in [1.54, 1.807) is 17.3 Å². The predicted molar refractivity (Wildman–Crippen MR) is 115 cm³/mol. The van der Waals surface area contributed by atoms with Crippen LogP contribution >= 0.6 is 0 Å². The number of urea groups is 1. The van der Waals surface area contributed by atoms with Gasteiger partial charge in [0.1, 0.15) is 5.69 Å². The van der Waals surface area contributed by atoms with E-state index in [4.69, 9.17) is 0 Å². The number of amides is 3. The van der Waals surface area contributed by atoms with Gasteiger partial charge >= 0.3 is 6.03 Å². The smallest absolute Gasteiger partial charge is 0.323 e. The van der Waals surface area contributed by atoms with Crippen LogP contribution < -0.4 is 10.6 Å². The lowest BCUT2D eigenvalue weighted by molar-refractivity contribution is -0.123. The number of pyridine rings is 1. The average molecular weight is 414 g/mol. The van der Waals surface area contributed by atoms with Gasteiger partial charge in [0.05, 0.1) is 30.0 Å². The second-order valence-electron chi connectivity index (χ2n) is 7.88. The minimum atomic E-state index is -0.396. The number of carbonyl (C=O) groups excluding carboxylic acids is 2. The lowest BCUT2D eigenvalue weighted by atomic mass is 9.76. The van der Waals surface area contributed by atoms with Gasteiger partial charge in [-0.05, 0) is 36.1 Å². The van der Waals surface area contributed by atoms with Gasteiger partial charge in [-0.1, -0.05) is 30.3 Å². The Labute approximate surface area is 179 Å². The van der Waals surface area contributed by atoms with Crippen molar-refractivity contribution < 1.29 is 9.59 Å². The van der Waals surface area contributed by atoms with Crippen molar-refractivity contribution in [2.24, 2.45) is 0 Å². The largest absolute Gasteiger partial charge is 0.346 e. The molecule has 1 fully saturated rings. The third-order valence-corrected chi connectivity index (χ3v) is 5.98. The van der Waals surface area contributed by atoms with Crippen molar-refractivity contribution in [2.45, 2.75) is 24.8 Å². The Morgan fingerprint density at radius 2 is 1.77 bits per heavy atom. The van der Waals surface area contributed by atoms with E-state index in [1.807, 2.05) is 36.4 Å². The minimum Gasteiger partial charge on any atom is -0.346 e. The van der Waals surface area contributed by atoms with Gasteiger partial charge in [0.15, 0.2) is 5.82 Å². The maximum atomic E-state index is 12.8. The summed E-state index contributed by atoms with van der Waals surface area (Å²) in [6.07, 6.45) is 6.59. The van der Waals surface area contributed by atoms with Gasteiger partial charge in [-0.3, -0.25) is 15.1 Å². The van der Waals surface area contributed by atoms with Crippen LogP contribution in [-0.4, -0.2) is 44.9 Å². The molecule has 0 saturated carbocycles. The van der Waals surface area contributed by atoms with E-state index in [0.717, 1.165) is 11.3 Å². The molecule has 8 nitrogen and oxygen atoms in total. The van der Waals surface area contributed by atoms with Gasteiger partial charge in [-0.25, -0.2) is 14.8 Å². The summed E-state index contributed by atoms with van der Waals surface area (Å²) in [5.74, 6) is 0.432. The van der Waals surface area contributed by atoms with E-state index < -0.39 is 5.54 Å². The van der Waals surface area contributed by atoms with E-state index in [1.165, 1.54) is 11.8 Å². The Hall–Kier alpha value is -3.81. The lowest BCUT2D eigenvalue weighted by Crippen LogP contribution is -2.57. The maximum Gasteiger partial charge on any atom is 0.323 e. The van der Waals surface area contributed by atoms with Gasteiger partial charge in [0, 0.05) is 19.3 Å². The zero-order valence-electron chi connectivity index (χ0n) is 16.9. The molecule has 3 aromatic rings. The zero-order valence-corrected chi connectivity index (χ0v) is 16.9. The summed E-state index contributed by atoms with van der Waals surface area (Å²) >= 11 is 0. The summed E-state index contributed by atoms with van der Waals surface area (Å²) in [6, 6.07) is 13.4. The zero-order chi connectivity index (χ0) is 21.3.